The summed E-state index contributed by atoms with van der Waals surface area (Å²) in [5.41, 5.74) is 3.47. The first-order valence-corrected chi connectivity index (χ1v) is 12.0. The van der Waals surface area contributed by atoms with Crippen LogP contribution in [0.4, 0.5) is 5.82 Å². The summed E-state index contributed by atoms with van der Waals surface area (Å²) < 4.78 is 1.95. The molecular formula is C24H34N6O. The van der Waals surface area contributed by atoms with E-state index in [1.165, 1.54) is 43.4 Å². The summed E-state index contributed by atoms with van der Waals surface area (Å²) in [6.45, 7) is 5.84. The average molecular weight is 423 g/mol. The second-order valence-corrected chi connectivity index (χ2v) is 9.64. The van der Waals surface area contributed by atoms with Crippen LogP contribution in [0.1, 0.15) is 73.6 Å². The molecule has 166 valence electrons. The van der Waals surface area contributed by atoms with Crippen molar-refractivity contribution in [3.8, 4) is 0 Å². The Morgan fingerprint density at radius 1 is 1.10 bits per heavy atom. The molecule has 1 amide bonds. The number of anilines is 1. The zero-order valence-electron chi connectivity index (χ0n) is 18.9. The van der Waals surface area contributed by atoms with E-state index in [0.717, 1.165) is 56.4 Å². The predicted molar refractivity (Wildman–Crippen MR) is 120 cm³/mol. The van der Waals surface area contributed by atoms with Crippen molar-refractivity contribution in [2.45, 2.75) is 70.8 Å². The molecule has 3 aliphatic rings. The molecule has 1 aliphatic carbocycles. The van der Waals surface area contributed by atoms with Gasteiger partial charge in [-0.2, -0.15) is 5.10 Å². The van der Waals surface area contributed by atoms with Crippen LogP contribution >= 0.6 is 0 Å². The molecule has 2 aromatic heterocycles. The summed E-state index contributed by atoms with van der Waals surface area (Å²) in [5.74, 6) is 3.02. The van der Waals surface area contributed by atoms with Gasteiger partial charge in [-0.1, -0.05) is 19.3 Å². The van der Waals surface area contributed by atoms with Crippen LogP contribution in [0, 0.1) is 12.8 Å². The minimum absolute atomic E-state index is 0.242. The van der Waals surface area contributed by atoms with Gasteiger partial charge in [-0.05, 0) is 51.1 Å². The number of fused-ring (bicyclic) bond motifs is 1. The Kier molecular flexibility index (Phi) is 5.78. The van der Waals surface area contributed by atoms with Gasteiger partial charge < -0.3 is 0 Å². The zero-order valence-corrected chi connectivity index (χ0v) is 18.9. The smallest absolute Gasteiger partial charge is 0.228 e. The van der Waals surface area contributed by atoms with Crippen LogP contribution in [0.15, 0.2) is 12.3 Å². The Morgan fingerprint density at radius 3 is 2.71 bits per heavy atom. The zero-order chi connectivity index (χ0) is 21.4. The number of amides is 1. The Balaban J connectivity index is 1.35. The first-order chi connectivity index (χ1) is 15.1. The third-order valence-electron chi connectivity index (χ3n) is 7.47. The van der Waals surface area contributed by atoms with Gasteiger partial charge in [0, 0.05) is 56.5 Å². The molecule has 2 aromatic rings. The van der Waals surface area contributed by atoms with Crippen molar-refractivity contribution < 1.29 is 4.79 Å². The quantitative estimate of drug-likeness (QED) is 0.739. The molecule has 0 unspecified atom stereocenters. The molecule has 0 radical (unpaired) electrons. The Hall–Kier alpha value is -2.28. The lowest BCUT2D eigenvalue weighted by atomic mass is 9.88. The first kappa shape index (κ1) is 20.6. The topological polar surface area (TPSA) is 67.2 Å². The summed E-state index contributed by atoms with van der Waals surface area (Å²) in [6, 6.07) is 2.08. The van der Waals surface area contributed by atoms with E-state index in [9.17, 15) is 4.79 Å². The maximum atomic E-state index is 12.9. The van der Waals surface area contributed by atoms with E-state index in [4.69, 9.17) is 9.97 Å². The van der Waals surface area contributed by atoms with Crippen molar-refractivity contribution in [3.05, 3.63) is 35.0 Å². The molecule has 7 heteroatoms. The normalized spacial score (nSPS) is 22.8. The van der Waals surface area contributed by atoms with Crippen LogP contribution in [-0.4, -0.2) is 50.2 Å². The van der Waals surface area contributed by atoms with Gasteiger partial charge in [-0.25, -0.2) is 9.97 Å². The Labute approximate surface area is 184 Å². The van der Waals surface area contributed by atoms with Crippen LogP contribution in [0.2, 0.25) is 0 Å². The Morgan fingerprint density at radius 2 is 1.94 bits per heavy atom. The monoisotopic (exact) mass is 422 g/mol. The van der Waals surface area contributed by atoms with E-state index in [-0.39, 0.29) is 5.91 Å². The number of hydrogen-bond donors (Lipinski definition) is 0. The fourth-order valence-electron chi connectivity index (χ4n) is 5.57. The van der Waals surface area contributed by atoms with Crippen LogP contribution < -0.4 is 4.90 Å². The molecule has 0 bridgehead atoms. The molecule has 5 rings (SSSR count). The minimum Gasteiger partial charge on any atom is -0.297 e. The summed E-state index contributed by atoms with van der Waals surface area (Å²) in [6.07, 6.45) is 10.7. The van der Waals surface area contributed by atoms with Gasteiger partial charge in [-0.3, -0.25) is 19.3 Å². The van der Waals surface area contributed by atoms with Gasteiger partial charge >= 0.3 is 0 Å². The lowest BCUT2D eigenvalue weighted by Crippen LogP contribution is -2.40. The number of carbonyl (C=O) groups is 1. The molecule has 31 heavy (non-hydrogen) atoms. The lowest BCUT2D eigenvalue weighted by molar-refractivity contribution is -0.119. The summed E-state index contributed by atoms with van der Waals surface area (Å²) >= 11 is 0. The molecule has 4 heterocycles. The summed E-state index contributed by atoms with van der Waals surface area (Å²) in [4.78, 5) is 27.3. The van der Waals surface area contributed by atoms with Crippen LogP contribution in [0.25, 0.3) is 0 Å². The number of aryl methyl sites for hydroxylation is 2. The van der Waals surface area contributed by atoms with E-state index < -0.39 is 0 Å². The molecule has 2 aliphatic heterocycles. The molecule has 1 saturated carbocycles. The molecule has 0 spiro atoms. The summed E-state index contributed by atoms with van der Waals surface area (Å²) in [5, 5.41) is 4.29. The third kappa shape index (κ3) is 4.25. The van der Waals surface area contributed by atoms with E-state index in [2.05, 4.69) is 23.0 Å². The summed E-state index contributed by atoms with van der Waals surface area (Å²) in [7, 11) is 2.00. The largest absolute Gasteiger partial charge is 0.297 e. The molecule has 7 nitrogen and oxygen atoms in total. The Bertz CT molecular complexity index is 948. The maximum Gasteiger partial charge on any atom is 0.228 e. The maximum absolute atomic E-state index is 12.9. The third-order valence-corrected chi connectivity index (χ3v) is 7.47. The van der Waals surface area contributed by atoms with Crippen molar-refractivity contribution >= 4 is 11.7 Å². The fraction of sp³-hybridized carbons (Fsp3) is 0.667. The van der Waals surface area contributed by atoms with Crippen LogP contribution in [0.3, 0.4) is 0 Å². The van der Waals surface area contributed by atoms with Crippen molar-refractivity contribution in [2.24, 2.45) is 13.0 Å². The molecule has 0 aromatic carbocycles. The number of likely N-dealkylation sites (tertiary alicyclic amines) is 1. The molecule has 2 fully saturated rings. The van der Waals surface area contributed by atoms with Gasteiger partial charge in [0.05, 0.1) is 5.69 Å². The molecule has 1 atom stereocenters. The van der Waals surface area contributed by atoms with Gasteiger partial charge in [-0.15, -0.1) is 0 Å². The van der Waals surface area contributed by atoms with Crippen LogP contribution in [0.5, 0.6) is 0 Å². The fourth-order valence-corrected chi connectivity index (χ4v) is 5.57. The number of hydrogen-bond acceptors (Lipinski definition) is 5. The predicted octanol–water partition coefficient (Wildman–Crippen LogP) is 3.37. The van der Waals surface area contributed by atoms with E-state index in [1.807, 2.05) is 22.8 Å². The second-order valence-electron chi connectivity index (χ2n) is 9.64. The molecular weight excluding hydrogens is 388 g/mol. The van der Waals surface area contributed by atoms with Crippen molar-refractivity contribution in [2.75, 3.05) is 24.5 Å². The lowest BCUT2D eigenvalue weighted by Gasteiger charge is -2.33. The highest BCUT2D eigenvalue weighted by atomic mass is 16.2. The van der Waals surface area contributed by atoms with Gasteiger partial charge in [0.15, 0.2) is 0 Å². The van der Waals surface area contributed by atoms with Crippen molar-refractivity contribution in [3.63, 3.8) is 0 Å². The average Bonchev–Trinajstić information content (AvgIpc) is 3.40. The SMILES string of the molecule is Cc1nc([C@H]2CCN(Cc3ccnn3C)C2)nc2c1CCC(=O)N2CC1CCCCC1. The van der Waals surface area contributed by atoms with Gasteiger partial charge in [0.1, 0.15) is 11.6 Å². The van der Waals surface area contributed by atoms with Crippen molar-refractivity contribution in [1.82, 2.24) is 24.6 Å². The number of nitrogens with zero attached hydrogens (tertiary/aromatic N) is 6. The van der Waals surface area contributed by atoms with E-state index in [1.54, 1.807) is 0 Å². The van der Waals surface area contributed by atoms with E-state index in [0.29, 0.717) is 18.3 Å². The van der Waals surface area contributed by atoms with Crippen molar-refractivity contribution in [1.29, 1.82) is 0 Å². The van der Waals surface area contributed by atoms with Crippen LogP contribution in [-0.2, 0) is 24.8 Å². The first-order valence-electron chi connectivity index (χ1n) is 12.0. The van der Waals surface area contributed by atoms with Gasteiger partial charge in [0.2, 0.25) is 5.91 Å². The minimum atomic E-state index is 0.242. The molecule has 1 saturated heterocycles. The highest BCUT2D eigenvalue weighted by molar-refractivity contribution is 5.95. The molecule has 0 N–H and O–H groups in total. The standard InChI is InChI=1S/C24H34N6O/c1-17-21-8-9-22(31)30(14-18-6-4-3-5-7-18)24(21)27-23(26-17)19-11-13-29(15-19)16-20-10-12-25-28(20)2/h10,12,18-19H,3-9,11,13-16H2,1-2H3/t19-/m0/s1. The number of rotatable bonds is 5. The highest BCUT2D eigenvalue weighted by Gasteiger charge is 2.33. The number of aromatic nitrogens is 4. The highest BCUT2D eigenvalue weighted by Crippen LogP contribution is 2.34. The van der Waals surface area contributed by atoms with Gasteiger partial charge in [0.25, 0.3) is 0 Å². The second kappa shape index (κ2) is 8.69. The number of carbonyl (C=O) groups excluding carboxylic acids is 1. The van der Waals surface area contributed by atoms with E-state index >= 15 is 0 Å².